The Balaban J connectivity index is 1.56. The Bertz CT molecular complexity index is 609. The molecule has 1 aromatic carbocycles. The Morgan fingerprint density at radius 1 is 1.35 bits per heavy atom. The molecular weight excluding hydrogens is 288 g/mol. The number of fused-ring (bicyclic) bond motifs is 1. The Kier molecular flexibility index (Phi) is 4.81. The number of nitrogens with zero attached hydrogens (tertiary/aromatic N) is 1. The molecule has 1 saturated heterocycles. The van der Waals surface area contributed by atoms with Crippen molar-refractivity contribution in [3.8, 4) is 0 Å². The van der Waals surface area contributed by atoms with Crippen LogP contribution in [-0.4, -0.2) is 42.8 Å². The Morgan fingerprint density at radius 3 is 2.96 bits per heavy atom. The summed E-state index contributed by atoms with van der Waals surface area (Å²) in [7, 11) is 0. The van der Waals surface area contributed by atoms with Gasteiger partial charge in [-0.1, -0.05) is 26.0 Å². The number of amides is 1. The van der Waals surface area contributed by atoms with Gasteiger partial charge in [-0.3, -0.25) is 9.59 Å². The van der Waals surface area contributed by atoms with Gasteiger partial charge in [0.1, 0.15) is 0 Å². The van der Waals surface area contributed by atoms with Crippen LogP contribution < -0.4 is 5.32 Å². The third-order valence-electron chi connectivity index (χ3n) is 4.87. The summed E-state index contributed by atoms with van der Waals surface area (Å²) in [6.07, 6.45) is 2.38. The third kappa shape index (κ3) is 3.63. The third-order valence-corrected chi connectivity index (χ3v) is 4.87. The number of benzene rings is 1. The molecule has 1 aliphatic carbocycles. The number of carbonyl (C=O) groups is 2. The smallest absolute Gasteiger partial charge is 0.251 e. The molecule has 124 valence electrons. The zero-order valence-electron chi connectivity index (χ0n) is 14.1. The molecule has 1 atom stereocenters. The molecule has 0 spiro atoms. The van der Waals surface area contributed by atoms with Gasteiger partial charge in [0.15, 0.2) is 5.78 Å². The van der Waals surface area contributed by atoms with Crippen molar-refractivity contribution < 1.29 is 9.59 Å². The molecule has 4 heteroatoms. The van der Waals surface area contributed by atoms with Crippen molar-refractivity contribution in [2.45, 2.75) is 33.1 Å². The molecule has 1 N–H and O–H groups in total. The molecule has 0 aromatic heterocycles. The minimum absolute atomic E-state index is 0.0288. The van der Waals surface area contributed by atoms with Crippen LogP contribution >= 0.6 is 0 Å². The van der Waals surface area contributed by atoms with E-state index in [0.29, 0.717) is 30.2 Å². The van der Waals surface area contributed by atoms with Crippen molar-refractivity contribution in [2.24, 2.45) is 11.8 Å². The van der Waals surface area contributed by atoms with Crippen LogP contribution in [0.25, 0.3) is 0 Å². The highest BCUT2D eigenvalue weighted by Crippen LogP contribution is 2.25. The molecule has 0 unspecified atom stereocenters. The van der Waals surface area contributed by atoms with E-state index in [1.807, 2.05) is 18.2 Å². The van der Waals surface area contributed by atoms with Crippen LogP contribution in [0.15, 0.2) is 18.2 Å². The van der Waals surface area contributed by atoms with Crippen molar-refractivity contribution >= 4 is 11.7 Å². The van der Waals surface area contributed by atoms with Crippen LogP contribution in [0.4, 0.5) is 0 Å². The van der Waals surface area contributed by atoms with Crippen molar-refractivity contribution in [1.29, 1.82) is 0 Å². The summed E-state index contributed by atoms with van der Waals surface area (Å²) in [5, 5.41) is 3.08. The topological polar surface area (TPSA) is 49.4 Å². The maximum absolute atomic E-state index is 12.5. The predicted octanol–water partition coefficient (Wildman–Crippen LogP) is 2.52. The van der Waals surface area contributed by atoms with E-state index in [0.717, 1.165) is 43.7 Å². The van der Waals surface area contributed by atoms with E-state index < -0.39 is 0 Å². The van der Waals surface area contributed by atoms with Gasteiger partial charge in [-0.05, 0) is 42.9 Å². The van der Waals surface area contributed by atoms with Crippen LogP contribution in [0.5, 0.6) is 0 Å². The molecule has 1 aliphatic heterocycles. The van der Waals surface area contributed by atoms with Crippen molar-refractivity contribution in [3.05, 3.63) is 34.9 Å². The number of hydrogen-bond acceptors (Lipinski definition) is 3. The fourth-order valence-corrected chi connectivity index (χ4v) is 3.80. The van der Waals surface area contributed by atoms with Gasteiger partial charge >= 0.3 is 0 Å². The molecule has 2 aliphatic rings. The highest BCUT2D eigenvalue weighted by Gasteiger charge is 2.26. The van der Waals surface area contributed by atoms with Crippen LogP contribution in [0, 0.1) is 11.8 Å². The van der Waals surface area contributed by atoms with Crippen molar-refractivity contribution in [2.75, 3.05) is 26.2 Å². The molecule has 0 saturated carbocycles. The summed E-state index contributed by atoms with van der Waals surface area (Å²) in [6.45, 7) is 8.56. The second kappa shape index (κ2) is 6.83. The first kappa shape index (κ1) is 16.2. The van der Waals surface area contributed by atoms with E-state index in [-0.39, 0.29) is 11.7 Å². The molecule has 1 heterocycles. The molecular formula is C19H26N2O2. The minimum Gasteiger partial charge on any atom is -0.352 e. The Labute approximate surface area is 138 Å². The molecule has 0 bridgehead atoms. The summed E-state index contributed by atoms with van der Waals surface area (Å²) in [4.78, 5) is 26.8. The molecule has 1 aromatic rings. The SMILES string of the molecule is CC(C)CN1CC[C@H](CNC(=O)c2cccc3c2CCC3=O)C1. The van der Waals surface area contributed by atoms with E-state index in [4.69, 9.17) is 0 Å². The maximum atomic E-state index is 12.5. The zero-order valence-corrected chi connectivity index (χ0v) is 14.1. The van der Waals surface area contributed by atoms with Gasteiger partial charge in [0.05, 0.1) is 0 Å². The number of carbonyl (C=O) groups excluding carboxylic acids is 2. The first-order valence-corrected chi connectivity index (χ1v) is 8.70. The van der Waals surface area contributed by atoms with Gasteiger partial charge in [-0.2, -0.15) is 0 Å². The van der Waals surface area contributed by atoms with Crippen LogP contribution in [0.3, 0.4) is 0 Å². The lowest BCUT2D eigenvalue weighted by atomic mass is 10.0. The van der Waals surface area contributed by atoms with E-state index >= 15 is 0 Å². The van der Waals surface area contributed by atoms with Crippen LogP contribution in [-0.2, 0) is 6.42 Å². The standard InChI is InChI=1S/C19H26N2O2/c1-13(2)11-21-9-8-14(12-21)10-20-19(23)17-5-3-4-16-15(17)6-7-18(16)22/h3-5,13-14H,6-12H2,1-2H3,(H,20,23)/t14-/m1/s1. The second-order valence-corrected chi connectivity index (χ2v) is 7.27. The summed E-state index contributed by atoms with van der Waals surface area (Å²) in [6, 6.07) is 5.49. The number of hydrogen-bond donors (Lipinski definition) is 1. The van der Waals surface area contributed by atoms with E-state index in [9.17, 15) is 9.59 Å². The number of rotatable bonds is 5. The van der Waals surface area contributed by atoms with Gasteiger partial charge in [-0.25, -0.2) is 0 Å². The van der Waals surface area contributed by atoms with E-state index in [2.05, 4.69) is 24.1 Å². The average molecular weight is 314 g/mol. The quantitative estimate of drug-likeness (QED) is 0.908. The number of nitrogens with one attached hydrogen (secondary N) is 1. The summed E-state index contributed by atoms with van der Waals surface area (Å²) < 4.78 is 0. The summed E-state index contributed by atoms with van der Waals surface area (Å²) in [5.41, 5.74) is 2.36. The largest absolute Gasteiger partial charge is 0.352 e. The fourth-order valence-electron chi connectivity index (χ4n) is 3.80. The molecule has 23 heavy (non-hydrogen) atoms. The van der Waals surface area contributed by atoms with Gasteiger partial charge in [-0.15, -0.1) is 0 Å². The molecule has 4 nitrogen and oxygen atoms in total. The number of ketones is 1. The Morgan fingerprint density at radius 2 is 2.17 bits per heavy atom. The Hall–Kier alpha value is -1.68. The van der Waals surface area contributed by atoms with Crippen molar-refractivity contribution in [1.82, 2.24) is 10.2 Å². The number of likely N-dealkylation sites (tertiary alicyclic amines) is 1. The maximum Gasteiger partial charge on any atom is 0.251 e. The average Bonchev–Trinajstić information content (AvgIpc) is 3.11. The van der Waals surface area contributed by atoms with Gasteiger partial charge in [0.2, 0.25) is 0 Å². The van der Waals surface area contributed by atoms with Gasteiger partial charge < -0.3 is 10.2 Å². The molecule has 0 radical (unpaired) electrons. The summed E-state index contributed by atoms with van der Waals surface area (Å²) in [5.74, 6) is 1.36. The highest BCUT2D eigenvalue weighted by molar-refractivity contribution is 6.05. The highest BCUT2D eigenvalue weighted by atomic mass is 16.1. The molecule has 3 rings (SSSR count). The first-order valence-electron chi connectivity index (χ1n) is 8.70. The second-order valence-electron chi connectivity index (χ2n) is 7.27. The van der Waals surface area contributed by atoms with Gasteiger partial charge in [0, 0.05) is 37.2 Å². The van der Waals surface area contributed by atoms with Crippen molar-refractivity contribution in [3.63, 3.8) is 0 Å². The van der Waals surface area contributed by atoms with E-state index in [1.54, 1.807) is 0 Å². The van der Waals surface area contributed by atoms with E-state index in [1.165, 1.54) is 0 Å². The lowest BCUT2D eigenvalue weighted by molar-refractivity contribution is 0.0945. The normalized spacial score (nSPS) is 21.0. The fraction of sp³-hybridized carbons (Fsp3) is 0.579. The number of Topliss-reactive ketones (excluding diaryl/α,β-unsaturated/α-hetero) is 1. The lowest BCUT2D eigenvalue weighted by Gasteiger charge is -2.18. The van der Waals surface area contributed by atoms with Gasteiger partial charge in [0.25, 0.3) is 5.91 Å². The minimum atomic E-state index is -0.0288. The monoisotopic (exact) mass is 314 g/mol. The first-order chi connectivity index (χ1) is 11.0. The lowest BCUT2D eigenvalue weighted by Crippen LogP contribution is -2.32. The van der Waals surface area contributed by atoms with Crippen LogP contribution in [0.2, 0.25) is 0 Å². The summed E-state index contributed by atoms with van der Waals surface area (Å²) >= 11 is 0. The predicted molar refractivity (Wildman–Crippen MR) is 90.8 cm³/mol. The molecule has 1 amide bonds. The molecule has 1 fully saturated rings. The zero-order chi connectivity index (χ0) is 16.4. The van der Waals surface area contributed by atoms with Crippen LogP contribution in [0.1, 0.15) is 53.0 Å².